The predicted octanol–water partition coefficient (Wildman–Crippen LogP) is 4.24. The van der Waals surface area contributed by atoms with Gasteiger partial charge in [0.1, 0.15) is 11.7 Å². The Kier molecular flexibility index (Phi) is 7.64. The Hall–Kier alpha value is -3.44. The van der Waals surface area contributed by atoms with Crippen molar-refractivity contribution >= 4 is 17.5 Å². The van der Waals surface area contributed by atoms with E-state index >= 15 is 0 Å². The number of carbonyl (C=O) groups excluding carboxylic acids is 2. The summed E-state index contributed by atoms with van der Waals surface area (Å²) in [6, 6.07) is 1.42. The molecule has 1 aliphatic carbocycles. The van der Waals surface area contributed by atoms with E-state index in [9.17, 15) is 22.8 Å². The van der Waals surface area contributed by atoms with Gasteiger partial charge in [-0.15, -0.1) is 0 Å². The number of hydrogen-bond donors (Lipinski definition) is 2. The molecule has 3 atom stereocenters. The van der Waals surface area contributed by atoms with Gasteiger partial charge in [0.25, 0.3) is 5.91 Å². The summed E-state index contributed by atoms with van der Waals surface area (Å²) in [6.45, 7) is 4.76. The van der Waals surface area contributed by atoms with Crippen molar-refractivity contribution in [3.63, 3.8) is 0 Å². The fraction of sp³-hybridized carbons (Fsp3) is 0.593. The molecule has 0 bridgehead atoms. The molecule has 0 spiro atoms. The van der Waals surface area contributed by atoms with Crippen molar-refractivity contribution in [1.82, 2.24) is 35.0 Å². The smallest absolute Gasteiger partial charge is 0.344 e. The van der Waals surface area contributed by atoms with Crippen molar-refractivity contribution in [2.45, 2.75) is 83.6 Å². The molecule has 3 aromatic rings. The summed E-state index contributed by atoms with van der Waals surface area (Å²) in [5, 5.41) is 14.0. The molecule has 4 heterocycles. The van der Waals surface area contributed by atoms with Crippen LogP contribution in [0.2, 0.25) is 0 Å². The number of alkyl halides is 3. The highest BCUT2D eigenvalue weighted by Crippen LogP contribution is 2.37. The molecule has 12 heteroatoms. The standard InChI is InChI=1S/C27H34F3N7O2/c1-3-36-21(10-11-31-36)26(39)35-24(18-6-4-16(2)5-7-18)20-15-37-23(33-20)13-17(14-32-37)12-19-8-9-22(27(28,29)30)34-25(19)38/h10-11,13-16,18-19,22,24H,3-9,12H2,1-2H3,(H,34,38)(H,35,39)/t16-,18-,19?,22?,24-/m0/s1. The highest BCUT2D eigenvalue weighted by atomic mass is 19.4. The van der Waals surface area contributed by atoms with Crippen LogP contribution in [0.3, 0.4) is 0 Å². The normalized spacial score (nSPS) is 24.9. The largest absolute Gasteiger partial charge is 0.408 e. The number of piperidine rings is 1. The summed E-state index contributed by atoms with van der Waals surface area (Å²) in [4.78, 5) is 30.4. The first-order valence-electron chi connectivity index (χ1n) is 13.7. The van der Waals surface area contributed by atoms with Crippen molar-refractivity contribution in [1.29, 1.82) is 0 Å². The highest BCUT2D eigenvalue weighted by molar-refractivity contribution is 5.92. The number of fused-ring (bicyclic) bond motifs is 1. The van der Waals surface area contributed by atoms with Crippen molar-refractivity contribution in [3.05, 3.63) is 47.7 Å². The SMILES string of the molecule is CCn1nccc1C(=O)N[C@H](c1cn2ncc(CC3CCC(C(F)(F)F)NC3=O)cc2n1)[C@H]1CC[C@H](C)CC1. The maximum atomic E-state index is 13.3. The summed E-state index contributed by atoms with van der Waals surface area (Å²) in [5.74, 6) is -0.480. The van der Waals surface area contributed by atoms with Crippen molar-refractivity contribution < 1.29 is 22.8 Å². The molecule has 0 aromatic carbocycles. The lowest BCUT2D eigenvalue weighted by atomic mass is 9.78. The Morgan fingerprint density at radius 3 is 2.64 bits per heavy atom. The van der Waals surface area contributed by atoms with Crippen LogP contribution < -0.4 is 10.6 Å². The van der Waals surface area contributed by atoms with Crippen LogP contribution in [-0.2, 0) is 17.8 Å². The fourth-order valence-electron chi connectivity index (χ4n) is 5.83. The molecule has 3 aromatic heterocycles. The Balaban J connectivity index is 1.36. The number of halogens is 3. The van der Waals surface area contributed by atoms with E-state index in [4.69, 9.17) is 4.98 Å². The van der Waals surface area contributed by atoms with E-state index in [1.165, 1.54) is 0 Å². The number of aromatic nitrogens is 5. The number of nitrogens with zero attached hydrogens (tertiary/aromatic N) is 5. The second-order valence-corrected chi connectivity index (χ2v) is 10.9. The third-order valence-corrected chi connectivity index (χ3v) is 8.15. The molecule has 1 aliphatic heterocycles. The molecule has 2 unspecified atom stereocenters. The van der Waals surface area contributed by atoms with E-state index in [1.807, 2.05) is 19.2 Å². The molecule has 210 valence electrons. The van der Waals surface area contributed by atoms with Crippen LogP contribution in [0.1, 0.15) is 80.2 Å². The number of imidazole rings is 1. The summed E-state index contributed by atoms with van der Waals surface area (Å²) in [5.41, 5.74) is 2.49. The Morgan fingerprint density at radius 2 is 1.95 bits per heavy atom. The second kappa shape index (κ2) is 11.0. The van der Waals surface area contributed by atoms with Gasteiger partial charge in [-0.1, -0.05) is 19.8 Å². The van der Waals surface area contributed by atoms with Crippen LogP contribution in [0.15, 0.2) is 30.7 Å². The number of nitrogens with one attached hydrogen (secondary N) is 2. The zero-order chi connectivity index (χ0) is 27.7. The molecular formula is C27H34F3N7O2. The van der Waals surface area contributed by atoms with Gasteiger partial charge in [0.15, 0.2) is 5.65 Å². The van der Waals surface area contributed by atoms with E-state index in [1.54, 1.807) is 27.7 Å². The average Bonchev–Trinajstić information content (AvgIpc) is 3.55. The van der Waals surface area contributed by atoms with Gasteiger partial charge in [-0.05, 0) is 68.6 Å². The monoisotopic (exact) mass is 545 g/mol. The van der Waals surface area contributed by atoms with Crippen molar-refractivity contribution in [2.75, 3.05) is 0 Å². The van der Waals surface area contributed by atoms with Crippen LogP contribution in [0, 0.1) is 17.8 Å². The molecule has 0 radical (unpaired) electrons. The molecular weight excluding hydrogens is 511 g/mol. The molecule has 2 aliphatic rings. The quantitative estimate of drug-likeness (QED) is 0.462. The lowest BCUT2D eigenvalue weighted by Gasteiger charge is -2.32. The lowest BCUT2D eigenvalue weighted by Crippen LogP contribution is -2.51. The van der Waals surface area contributed by atoms with Gasteiger partial charge in [-0.2, -0.15) is 23.4 Å². The van der Waals surface area contributed by atoms with Crippen molar-refractivity contribution in [3.8, 4) is 0 Å². The zero-order valence-electron chi connectivity index (χ0n) is 22.1. The van der Waals surface area contributed by atoms with E-state index < -0.39 is 24.0 Å². The summed E-state index contributed by atoms with van der Waals surface area (Å²) in [6.07, 6.45) is 5.03. The van der Waals surface area contributed by atoms with Gasteiger partial charge in [-0.25, -0.2) is 9.50 Å². The number of carbonyl (C=O) groups is 2. The Bertz CT molecular complexity index is 1330. The molecule has 39 heavy (non-hydrogen) atoms. The highest BCUT2D eigenvalue weighted by Gasteiger charge is 2.44. The van der Waals surface area contributed by atoms with Gasteiger partial charge in [-0.3, -0.25) is 14.3 Å². The van der Waals surface area contributed by atoms with Crippen LogP contribution in [-0.4, -0.2) is 48.4 Å². The minimum absolute atomic E-state index is 0.137. The second-order valence-electron chi connectivity index (χ2n) is 10.9. The number of hydrogen-bond acceptors (Lipinski definition) is 5. The minimum Gasteiger partial charge on any atom is -0.344 e. The molecule has 1 saturated heterocycles. The minimum atomic E-state index is -4.44. The van der Waals surface area contributed by atoms with E-state index in [-0.39, 0.29) is 37.1 Å². The van der Waals surface area contributed by atoms with Gasteiger partial charge in [0.2, 0.25) is 5.91 Å². The molecule has 1 saturated carbocycles. The first kappa shape index (κ1) is 27.1. The summed E-state index contributed by atoms with van der Waals surface area (Å²) < 4.78 is 42.3. The Morgan fingerprint density at radius 1 is 1.18 bits per heavy atom. The van der Waals surface area contributed by atoms with Gasteiger partial charge >= 0.3 is 6.18 Å². The first-order chi connectivity index (χ1) is 18.6. The predicted molar refractivity (Wildman–Crippen MR) is 137 cm³/mol. The molecule has 2 fully saturated rings. The number of aryl methyl sites for hydroxylation is 1. The molecule has 5 rings (SSSR count). The van der Waals surface area contributed by atoms with Crippen LogP contribution in [0.5, 0.6) is 0 Å². The maximum Gasteiger partial charge on any atom is 0.408 e. The van der Waals surface area contributed by atoms with Gasteiger partial charge < -0.3 is 10.6 Å². The molecule has 2 amide bonds. The van der Waals surface area contributed by atoms with Gasteiger partial charge in [0.05, 0.1) is 24.1 Å². The topological polar surface area (TPSA) is 106 Å². The van der Waals surface area contributed by atoms with Crippen LogP contribution in [0.4, 0.5) is 13.2 Å². The Labute approximate surface area is 224 Å². The molecule has 2 N–H and O–H groups in total. The van der Waals surface area contributed by atoms with E-state index in [2.05, 4.69) is 27.8 Å². The van der Waals surface area contributed by atoms with E-state index in [0.29, 0.717) is 29.5 Å². The third kappa shape index (κ3) is 5.94. The zero-order valence-corrected chi connectivity index (χ0v) is 22.1. The van der Waals surface area contributed by atoms with E-state index in [0.717, 1.165) is 31.2 Å². The van der Waals surface area contributed by atoms with Crippen LogP contribution in [0.25, 0.3) is 5.65 Å². The van der Waals surface area contributed by atoms with Gasteiger partial charge in [0, 0.05) is 18.7 Å². The van der Waals surface area contributed by atoms with Crippen molar-refractivity contribution in [2.24, 2.45) is 17.8 Å². The fourth-order valence-corrected chi connectivity index (χ4v) is 5.83. The third-order valence-electron chi connectivity index (χ3n) is 8.15. The number of amides is 2. The maximum absolute atomic E-state index is 13.3. The lowest BCUT2D eigenvalue weighted by molar-refractivity contribution is -0.169. The summed E-state index contributed by atoms with van der Waals surface area (Å²) in [7, 11) is 0. The molecule has 9 nitrogen and oxygen atoms in total. The first-order valence-corrected chi connectivity index (χ1v) is 13.7. The average molecular weight is 546 g/mol. The summed E-state index contributed by atoms with van der Waals surface area (Å²) >= 11 is 0. The van der Waals surface area contributed by atoms with Crippen LogP contribution >= 0.6 is 0 Å². The number of rotatable bonds is 7.